The van der Waals surface area contributed by atoms with Crippen LogP contribution in [0.5, 0.6) is 0 Å². The molecule has 0 bridgehead atoms. The third-order valence-electron chi connectivity index (χ3n) is 9.81. The van der Waals surface area contributed by atoms with E-state index >= 15 is 0 Å². The van der Waals surface area contributed by atoms with E-state index in [9.17, 15) is 0 Å². The molecule has 2 nitrogen and oxygen atoms in total. The summed E-state index contributed by atoms with van der Waals surface area (Å²) < 4.78 is 0. The van der Waals surface area contributed by atoms with Gasteiger partial charge in [0.2, 0.25) is 0 Å². The number of nitrogens with zero attached hydrogens (tertiary/aromatic N) is 2. The third kappa shape index (κ3) is 5.40. The second kappa shape index (κ2) is 13.4. The van der Waals surface area contributed by atoms with Crippen molar-refractivity contribution in [2.24, 2.45) is 0 Å². The van der Waals surface area contributed by atoms with Gasteiger partial charge in [-0.15, -0.1) is 0 Å². The molecule has 0 saturated heterocycles. The van der Waals surface area contributed by atoms with Crippen LogP contribution >= 0.6 is 0 Å². The van der Waals surface area contributed by atoms with Gasteiger partial charge in [0.05, 0.1) is 22.5 Å². The highest BCUT2D eigenvalue weighted by Crippen LogP contribution is 2.56. The molecule has 2 heteroatoms. The highest BCUT2D eigenvalue weighted by Gasteiger charge is 2.47. The number of fused-ring (bicyclic) bond motifs is 3. The van der Waals surface area contributed by atoms with Crippen LogP contribution in [0.1, 0.15) is 48.3 Å². The van der Waals surface area contributed by atoms with E-state index in [0.717, 1.165) is 40.2 Å². The summed E-state index contributed by atoms with van der Waals surface area (Å²) in [6.07, 6.45) is 9.34. The Morgan fingerprint density at radius 2 is 1.24 bits per heavy atom. The van der Waals surface area contributed by atoms with Crippen molar-refractivity contribution in [2.75, 3.05) is 0 Å². The van der Waals surface area contributed by atoms with Crippen molar-refractivity contribution in [3.05, 3.63) is 210 Å². The highest BCUT2D eigenvalue weighted by atomic mass is 14.7. The van der Waals surface area contributed by atoms with Crippen LogP contribution in [0.2, 0.25) is 0 Å². The maximum Gasteiger partial charge on any atom is 0.0885 e. The molecular formula is C48H38N2. The van der Waals surface area contributed by atoms with E-state index in [0.29, 0.717) is 0 Å². The van der Waals surface area contributed by atoms with Gasteiger partial charge in [-0.3, -0.25) is 4.98 Å². The Bertz CT molecular complexity index is 2300. The summed E-state index contributed by atoms with van der Waals surface area (Å²) in [5.74, 6) is 0. The van der Waals surface area contributed by atoms with Gasteiger partial charge in [0.15, 0.2) is 0 Å². The molecule has 7 aromatic rings. The Balaban J connectivity index is 1.23. The Morgan fingerprint density at radius 1 is 0.580 bits per heavy atom. The molecule has 0 aliphatic heterocycles. The second-order valence-electron chi connectivity index (χ2n) is 12.8. The average molecular weight is 643 g/mol. The van der Waals surface area contributed by atoms with Crippen molar-refractivity contribution >= 4 is 5.57 Å². The van der Waals surface area contributed by atoms with Crippen LogP contribution in [0, 0.1) is 0 Å². The zero-order valence-electron chi connectivity index (χ0n) is 28.4. The molecule has 0 spiro atoms. The number of aromatic nitrogens is 2. The Labute approximate surface area is 295 Å². The number of benzene rings is 5. The van der Waals surface area contributed by atoms with E-state index in [4.69, 9.17) is 9.97 Å². The Morgan fingerprint density at radius 3 is 1.98 bits per heavy atom. The summed E-state index contributed by atoms with van der Waals surface area (Å²) in [6, 6.07) is 56.7. The first kappa shape index (κ1) is 31.2. The monoisotopic (exact) mass is 642 g/mol. The van der Waals surface area contributed by atoms with E-state index < -0.39 is 5.41 Å². The van der Waals surface area contributed by atoms with Gasteiger partial charge < -0.3 is 0 Å². The van der Waals surface area contributed by atoms with E-state index in [2.05, 4.69) is 184 Å². The lowest BCUT2D eigenvalue weighted by atomic mass is 9.70. The zero-order valence-corrected chi connectivity index (χ0v) is 28.4. The van der Waals surface area contributed by atoms with Gasteiger partial charge in [-0.05, 0) is 99.3 Å². The smallest absolute Gasteiger partial charge is 0.0885 e. The molecule has 1 atom stereocenters. The summed E-state index contributed by atoms with van der Waals surface area (Å²) in [6.45, 7) is 4.23. The minimum Gasteiger partial charge on any atom is -0.260 e. The fourth-order valence-corrected chi connectivity index (χ4v) is 7.59. The quantitative estimate of drug-likeness (QED) is 0.154. The minimum atomic E-state index is -0.498. The Hall–Kier alpha value is -6.12. The van der Waals surface area contributed by atoms with Crippen LogP contribution in [0.3, 0.4) is 0 Å². The van der Waals surface area contributed by atoms with Crippen LogP contribution < -0.4 is 0 Å². The van der Waals surface area contributed by atoms with E-state index in [1.807, 2.05) is 12.3 Å². The highest BCUT2D eigenvalue weighted by molar-refractivity contribution is 5.89. The maximum absolute atomic E-state index is 5.19. The zero-order chi connectivity index (χ0) is 33.9. The van der Waals surface area contributed by atoms with Crippen LogP contribution in [0.15, 0.2) is 182 Å². The molecule has 2 aromatic heterocycles. The number of pyridine rings is 2. The number of hydrogen-bond donors (Lipinski definition) is 0. The topological polar surface area (TPSA) is 25.8 Å². The van der Waals surface area contributed by atoms with Crippen molar-refractivity contribution in [1.82, 2.24) is 9.97 Å². The molecule has 0 radical (unpaired) electrons. The molecule has 50 heavy (non-hydrogen) atoms. The molecule has 5 aromatic carbocycles. The van der Waals surface area contributed by atoms with Crippen LogP contribution in [-0.4, -0.2) is 9.97 Å². The van der Waals surface area contributed by atoms with Gasteiger partial charge >= 0.3 is 0 Å². The molecule has 0 saturated carbocycles. The molecule has 240 valence electrons. The van der Waals surface area contributed by atoms with E-state index in [1.54, 1.807) is 0 Å². The standard InChI is InChI=1S/C48H38N2/c1-3-15-36(16-4-2)45-32-39(34-17-7-5-8-18-34)33-46(50-45)37-26-24-35(25-27-37)38-28-29-44-42(31-38)41-21-11-12-22-43(41)48(44,40-19-9-6-10-20-40)47-23-13-14-30-49-47/h3,5-33H,4H2,1-2H3/b15-3-,36-16+. The summed E-state index contributed by atoms with van der Waals surface area (Å²) in [7, 11) is 0. The van der Waals surface area contributed by atoms with Gasteiger partial charge in [0, 0.05) is 11.8 Å². The lowest BCUT2D eigenvalue weighted by Gasteiger charge is -2.32. The molecule has 0 N–H and O–H groups in total. The minimum absolute atomic E-state index is 0.498. The average Bonchev–Trinajstić information content (AvgIpc) is 3.49. The predicted molar refractivity (Wildman–Crippen MR) is 209 cm³/mol. The van der Waals surface area contributed by atoms with Crippen LogP contribution in [0.25, 0.3) is 50.2 Å². The molecular weight excluding hydrogens is 605 g/mol. The molecule has 0 fully saturated rings. The summed E-state index contributed by atoms with van der Waals surface area (Å²) in [4.78, 5) is 10.2. The van der Waals surface area contributed by atoms with Crippen LogP contribution in [0.4, 0.5) is 0 Å². The fraction of sp³-hybridized carbons (Fsp3) is 0.0833. The molecule has 8 rings (SSSR count). The summed E-state index contributed by atoms with van der Waals surface area (Å²) >= 11 is 0. The predicted octanol–water partition coefficient (Wildman–Crippen LogP) is 12.2. The lowest BCUT2D eigenvalue weighted by molar-refractivity contribution is 0.735. The molecule has 2 heterocycles. The number of hydrogen-bond acceptors (Lipinski definition) is 2. The maximum atomic E-state index is 5.19. The number of rotatable bonds is 8. The molecule has 1 unspecified atom stereocenters. The molecule has 1 aliphatic carbocycles. The summed E-state index contributed by atoms with van der Waals surface area (Å²) in [5, 5.41) is 0. The lowest BCUT2D eigenvalue weighted by Crippen LogP contribution is -2.29. The van der Waals surface area contributed by atoms with Crippen molar-refractivity contribution < 1.29 is 0 Å². The normalized spacial score (nSPS) is 15.2. The Kier molecular flexibility index (Phi) is 8.36. The van der Waals surface area contributed by atoms with Crippen LogP contribution in [-0.2, 0) is 5.41 Å². The third-order valence-corrected chi connectivity index (χ3v) is 9.81. The van der Waals surface area contributed by atoms with Crippen molar-refractivity contribution in [1.29, 1.82) is 0 Å². The first-order valence-corrected chi connectivity index (χ1v) is 17.4. The van der Waals surface area contributed by atoms with Gasteiger partial charge in [0.1, 0.15) is 0 Å². The van der Waals surface area contributed by atoms with Gasteiger partial charge in [-0.25, -0.2) is 4.98 Å². The fourth-order valence-electron chi connectivity index (χ4n) is 7.59. The van der Waals surface area contributed by atoms with Gasteiger partial charge in [-0.2, -0.15) is 0 Å². The molecule has 0 amide bonds. The largest absolute Gasteiger partial charge is 0.260 e. The van der Waals surface area contributed by atoms with E-state index in [-0.39, 0.29) is 0 Å². The SMILES string of the molecule is C/C=C\C(=C/CC)c1cc(-c2ccccc2)cc(-c2ccc(-c3ccc4c(c3)-c3ccccc3C4(c3ccccc3)c3ccccn3)cc2)n1. The van der Waals surface area contributed by atoms with Gasteiger partial charge in [0.25, 0.3) is 0 Å². The summed E-state index contributed by atoms with van der Waals surface area (Å²) in [5.41, 5.74) is 15.7. The first-order chi connectivity index (χ1) is 24.7. The number of allylic oxidation sites excluding steroid dienone is 4. The van der Waals surface area contributed by atoms with Crippen molar-refractivity contribution in [3.8, 4) is 44.6 Å². The van der Waals surface area contributed by atoms with Crippen molar-refractivity contribution in [2.45, 2.75) is 25.7 Å². The van der Waals surface area contributed by atoms with Gasteiger partial charge in [-0.1, -0.05) is 153 Å². The van der Waals surface area contributed by atoms with E-state index in [1.165, 1.54) is 44.5 Å². The molecule has 1 aliphatic rings. The van der Waals surface area contributed by atoms with Crippen molar-refractivity contribution in [3.63, 3.8) is 0 Å². The second-order valence-corrected chi connectivity index (χ2v) is 12.8. The first-order valence-electron chi connectivity index (χ1n) is 17.4.